The Bertz CT molecular complexity index is 736. The molecule has 116 valence electrons. The Morgan fingerprint density at radius 1 is 1.30 bits per heavy atom. The first-order chi connectivity index (χ1) is 11.2. The fourth-order valence-corrected chi connectivity index (χ4v) is 1.95. The molecule has 0 spiro atoms. The Hall–Kier alpha value is -2.84. The summed E-state index contributed by atoms with van der Waals surface area (Å²) in [6.45, 7) is 0.429. The first kappa shape index (κ1) is 16.5. The smallest absolute Gasteiger partial charge is 0.254 e. The number of carbonyl (C=O) groups is 1. The number of nitrogens with one attached hydrogen (secondary N) is 1. The second-order valence-corrected chi connectivity index (χ2v) is 5.05. The summed E-state index contributed by atoms with van der Waals surface area (Å²) >= 11 is 5.92. The molecule has 23 heavy (non-hydrogen) atoms. The monoisotopic (exact) mass is 327 g/mol. The van der Waals surface area contributed by atoms with Gasteiger partial charge in [-0.3, -0.25) is 4.79 Å². The third-order valence-corrected chi connectivity index (χ3v) is 3.05. The number of hydrogen-bond donors (Lipinski definition) is 1. The van der Waals surface area contributed by atoms with Gasteiger partial charge in [-0.05, 0) is 47.5 Å². The Morgan fingerprint density at radius 3 is 2.78 bits per heavy atom. The zero-order chi connectivity index (χ0) is 16.5. The maximum Gasteiger partial charge on any atom is 0.254 e. The zero-order valence-corrected chi connectivity index (χ0v) is 13.0. The van der Waals surface area contributed by atoms with Crippen molar-refractivity contribution in [2.45, 2.75) is 13.0 Å². The van der Waals surface area contributed by atoms with E-state index in [2.05, 4.69) is 10.5 Å². The topological polar surface area (TPSA) is 74.5 Å². The van der Waals surface area contributed by atoms with Gasteiger partial charge in [0.15, 0.2) is 0 Å². The van der Waals surface area contributed by atoms with Crippen LogP contribution < -0.4 is 10.2 Å². The summed E-state index contributed by atoms with van der Waals surface area (Å²) in [5, 5.41) is 12.8. The average molecular weight is 328 g/mol. The molecule has 0 aliphatic rings. The Balaban J connectivity index is 1.86. The van der Waals surface area contributed by atoms with Gasteiger partial charge in [0, 0.05) is 5.02 Å². The third-order valence-electron chi connectivity index (χ3n) is 2.82. The lowest BCUT2D eigenvalue weighted by molar-refractivity contribution is -0.120. The molecule has 0 fully saturated rings. The highest BCUT2D eigenvalue weighted by Crippen LogP contribution is 2.15. The van der Waals surface area contributed by atoms with E-state index >= 15 is 0 Å². The number of nitriles is 1. The van der Waals surface area contributed by atoms with Crippen LogP contribution in [0.4, 0.5) is 0 Å². The number of hydrazone groups is 1. The number of amides is 1. The van der Waals surface area contributed by atoms with Crippen LogP contribution in [0, 0.1) is 11.3 Å². The SMILES string of the molecule is N#CCC(=O)N/N=C/c1ccc(OCc2cccc(Cl)c2)cc1. The molecule has 0 atom stereocenters. The standard InChI is InChI=1S/C17H14ClN3O2/c18-15-3-1-2-14(10-15)12-23-16-6-4-13(5-7-16)11-20-21-17(22)8-9-19/h1-7,10-11H,8,12H2,(H,21,22)/b20-11+. The highest BCUT2D eigenvalue weighted by Gasteiger charge is 1.98. The zero-order valence-electron chi connectivity index (χ0n) is 12.2. The molecule has 0 aliphatic heterocycles. The van der Waals surface area contributed by atoms with Crippen LogP contribution in [-0.4, -0.2) is 12.1 Å². The maximum absolute atomic E-state index is 11.1. The van der Waals surface area contributed by atoms with Gasteiger partial charge in [0.1, 0.15) is 18.8 Å². The summed E-state index contributed by atoms with van der Waals surface area (Å²) < 4.78 is 5.67. The molecule has 2 aromatic rings. The van der Waals surface area contributed by atoms with Gasteiger partial charge in [-0.15, -0.1) is 0 Å². The highest BCUT2D eigenvalue weighted by atomic mass is 35.5. The molecular weight excluding hydrogens is 314 g/mol. The number of hydrogen-bond acceptors (Lipinski definition) is 4. The summed E-state index contributed by atoms with van der Waals surface area (Å²) in [5.74, 6) is 0.279. The van der Waals surface area contributed by atoms with E-state index in [1.54, 1.807) is 6.07 Å². The van der Waals surface area contributed by atoms with Crippen LogP contribution in [0.5, 0.6) is 5.75 Å². The molecule has 2 rings (SSSR count). The van der Waals surface area contributed by atoms with Gasteiger partial charge in [0.25, 0.3) is 5.91 Å². The molecule has 5 nitrogen and oxygen atoms in total. The van der Waals surface area contributed by atoms with Crippen LogP contribution in [-0.2, 0) is 11.4 Å². The number of benzene rings is 2. The maximum atomic E-state index is 11.1. The molecule has 1 amide bonds. The van der Waals surface area contributed by atoms with Crippen molar-refractivity contribution in [2.75, 3.05) is 0 Å². The second-order valence-electron chi connectivity index (χ2n) is 4.62. The average Bonchev–Trinajstić information content (AvgIpc) is 2.54. The molecule has 6 heteroatoms. The van der Waals surface area contributed by atoms with E-state index in [-0.39, 0.29) is 6.42 Å². The molecule has 0 saturated carbocycles. The molecule has 2 aromatic carbocycles. The van der Waals surface area contributed by atoms with Crippen LogP contribution in [0.2, 0.25) is 5.02 Å². The minimum absolute atomic E-state index is 0.215. The molecule has 0 aromatic heterocycles. The van der Waals surface area contributed by atoms with Crippen molar-refractivity contribution in [1.29, 1.82) is 5.26 Å². The van der Waals surface area contributed by atoms with Gasteiger partial charge < -0.3 is 4.74 Å². The normalized spacial score (nSPS) is 10.3. The van der Waals surface area contributed by atoms with Crippen LogP contribution in [0.15, 0.2) is 53.6 Å². The molecule has 0 bridgehead atoms. The number of ether oxygens (including phenoxy) is 1. The van der Waals surface area contributed by atoms with E-state index in [1.165, 1.54) is 6.21 Å². The Morgan fingerprint density at radius 2 is 2.09 bits per heavy atom. The summed E-state index contributed by atoms with van der Waals surface area (Å²) in [6, 6.07) is 16.5. The first-order valence-electron chi connectivity index (χ1n) is 6.83. The molecule has 0 unspecified atom stereocenters. The quantitative estimate of drug-likeness (QED) is 0.653. The van der Waals surface area contributed by atoms with E-state index in [0.717, 1.165) is 16.9 Å². The minimum atomic E-state index is -0.440. The van der Waals surface area contributed by atoms with Crippen LogP contribution in [0.25, 0.3) is 0 Å². The Labute approximate surface area is 139 Å². The van der Waals surface area contributed by atoms with Crippen LogP contribution in [0.1, 0.15) is 17.5 Å². The largest absolute Gasteiger partial charge is 0.489 e. The number of nitrogens with zero attached hydrogens (tertiary/aromatic N) is 2. The van der Waals surface area contributed by atoms with Gasteiger partial charge in [-0.2, -0.15) is 10.4 Å². The molecule has 0 aliphatic carbocycles. The number of halogens is 1. The summed E-state index contributed by atoms with van der Waals surface area (Å²) in [5.41, 5.74) is 4.06. The lowest BCUT2D eigenvalue weighted by atomic mass is 10.2. The van der Waals surface area contributed by atoms with E-state index in [9.17, 15) is 4.79 Å². The molecular formula is C17H14ClN3O2. The van der Waals surface area contributed by atoms with Crippen molar-refractivity contribution in [2.24, 2.45) is 5.10 Å². The van der Waals surface area contributed by atoms with Gasteiger partial charge >= 0.3 is 0 Å². The van der Waals surface area contributed by atoms with Crippen LogP contribution >= 0.6 is 11.6 Å². The van der Waals surface area contributed by atoms with Crippen molar-refractivity contribution < 1.29 is 9.53 Å². The molecule has 1 N–H and O–H groups in total. The van der Waals surface area contributed by atoms with E-state index in [0.29, 0.717) is 11.6 Å². The summed E-state index contributed by atoms with van der Waals surface area (Å²) in [7, 11) is 0. The molecule has 0 saturated heterocycles. The predicted octanol–water partition coefficient (Wildman–Crippen LogP) is 3.28. The van der Waals surface area contributed by atoms with Crippen molar-refractivity contribution in [3.8, 4) is 11.8 Å². The summed E-state index contributed by atoms with van der Waals surface area (Å²) in [6.07, 6.45) is 1.28. The number of rotatable bonds is 6. The lowest BCUT2D eigenvalue weighted by Crippen LogP contribution is -2.16. The van der Waals surface area contributed by atoms with Gasteiger partial charge in [-0.25, -0.2) is 5.43 Å². The van der Waals surface area contributed by atoms with Gasteiger partial charge in [-0.1, -0.05) is 23.7 Å². The molecule has 0 heterocycles. The first-order valence-corrected chi connectivity index (χ1v) is 7.21. The fraction of sp³-hybridized carbons (Fsp3) is 0.118. The second kappa shape index (κ2) is 8.57. The van der Waals surface area contributed by atoms with Crippen molar-refractivity contribution in [3.05, 3.63) is 64.7 Å². The summed E-state index contributed by atoms with van der Waals surface area (Å²) in [4.78, 5) is 11.1. The predicted molar refractivity (Wildman–Crippen MR) is 88.2 cm³/mol. The van der Waals surface area contributed by atoms with Gasteiger partial charge in [0.05, 0.1) is 12.3 Å². The fourth-order valence-electron chi connectivity index (χ4n) is 1.73. The van der Waals surface area contributed by atoms with Crippen molar-refractivity contribution >= 4 is 23.7 Å². The molecule has 0 radical (unpaired) electrons. The van der Waals surface area contributed by atoms with Crippen molar-refractivity contribution in [1.82, 2.24) is 5.43 Å². The van der Waals surface area contributed by atoms with E-state index in [4.69, 9.17) is 21.6 Å². The van der Waals surface area contributed by atoms with Crippen LogP contribution in [0.3, 0.4) is 0 Å². The van der Waals surface area contributed by atoms with E-state index in [1.807, 2.05) is 48.5 Å². The highest BCUT2D eigenvalue weighted by molar-refractivity contribution is 6.30. The Kier molecular flexibility index (Phi) is 6.16. The number of carbonyl (C=O) groups excluding carboxylic acids is 1. The van der Waals surface area contributed by atoms with Gasteiger partial charge in [0.2, 0.25) is 0 Å². The van der Waals surface area contributed by atoms with E-state index < -0.39 is 5.91 Å². The van der Waals surface area contributed by atoms with Crippen molar-refractivity contribution in [3.63, 3.8) is 0 Å². The minimum Gasteiger partial charge on any atom is -0.489 e. The lowest BCUT2D eigenvalue weighted by Gasteiger charge is -2.06. The third kappa shape index (κ3) is 5.81.